The quantitative estimate of drug-likeness (QED) is 0.762. The molecule has 0 atom stereocenters. The summed E-state index contributed by atoms with van der Waals surface area (Å²) < 4.78 is 14.8. The fraction of sp³-hybridized carbons (Fsp3) is 0.111. The van der Waals surface area contributed by atoms with Crippen molar-refractivity contribution >= 4 is 11.6 Å². The molecule has 0 amide bonds. The van der Waals surface area contributed by atoms with E-state index in [0.29, 0.717) is 17.1 Å². The molecule has 1 aromatic carbocycles. The molecule has 0 aliphatic rings. The molecule has 2 rings (SSSR count). The monoisotopic (exact) mass is 211 g/mol. The predicted octanol–water partition coefficient (Wildman–Crippen LogP) is 2.12. The molecule has 0 radical (unpaired) electrons. The summed E-state index contributed by atoms with van der Waals surface area (Å²) in [5.74, 6) is -0.326. The van der Waals surface area contributed by atoms with Crippen molar-refractivity contribution in [3.05, 3.63) is 47.3 Å². The fourth-order valence-electron chi connectivity index (χ4n) is 1.16. The lowest BCUT2D eigenvalue weighted by Gasteiger charge is -2.04. The zero-order valence-corrected chi connectivity index (χ0v) is 7.95. The summed E-state index contributed by atoms with van der Waals surface area (Å²) in [5.41, 5.74) is 0.430. The number of hydrogen-bond acceptors (Lipinski definition) is 2. The lowest BCUT2D eigenvalue weighted by molar-refractivity contribution is 0.585. The molecule has 0 spiro atoms. The second-order valence-corrected chi connectivity index (χ2v) is 3.20. The van der Waals surface area contributed by atoms with Crippen LogP contribution in [0, 0.1) is 5.82 Å². The van der Waals surface area contributed by atoms with Crippen molar-refractivity contribution in [1.29, 1.82) is 0 Å². The third kappa shape index (κ3) is 1.75. The van der Waals surface area contributed by atoms with Crippen LogP contribution in [0.3, 0.4) is 0 Å². The number of benzene rings is 1. The largest absolute Gasteiger partial charge is 0.248 e. The van der Waals surface area contributed by atoms with Crippen molar-refractivity contribution in [2.45, 2.75) is 6.54 Å². The Kier molecular flexibility index (Phi) is 2.45. The van der Waals surface area contributed by atoms with Gasteiger partial charge in [0.1, 0.15) is 18.5 Å². The molecule has 0 bridgehead atoms. The summed E-state index contributed by atoms with van der Waals surface area (Å²) in [6, 6.07) is 4.59. The van der Waals surface area contributed by atoms with E-state index in [2.05, 4.69) is 10.1 Å². The van der Waals surface area contributed by atoms with Crippen molar-refractivity contribution < 1.29 is 4.39 Å². The molecule has 0 unspecified atom stereocenters. The summed E-state index contributed by atoms with van der Waals surface area (Å²) in [4.78, 5) is 3.76. The van der Waals surface area contributed by atoms with Crippen molar-refractivity contribution in [2.75, 3.05) is 0 Å². The predicted molar refractivity (Wildman–Crippen MR) is 50.5 cm³/mol. The van der Waals surface area contributed by atoms with Crippen LogP contribution in [-0.2, 0) is 6.54 Å². The fourth-order valence-corrected chi connectivity index (χ4v) is 1.38. The Labute approximate surface area is 85.1 Å². The number of rotatable bonds is 2. The third-order valence-electron chi connectivity index (χ3n) is 1.85. The van der Waals surface area contributed by atoms with Crippen LogP contribution in [0.1, 0.15) is 5.56 Å². The topological polar surface area (TPSA) is 30.7 Å². The maximum absolute atomic E-state index is 13.3. The minimum absolute atomic E-state index is 0.297. The van der Waals surface area contributed by atoms with Crippen LogP contribution >= 0.6 is 11.6 Å². The van der Waals surface area contributed by atoms with Gasteiger partial charge in [0.05, 0.1) is 6.54 Å². The Balaban J connectivity index is 2.33. The first-order chi connectivity index (χ1) is 6.77. The zero-order valence-electron chi connectivity index (χ0n) is 7.19. The molecular weight excluding hydrogens is 205 g/mol. The van der Waals surface area contributed by atoms with Gasteiger partial charge in [0.25, 0.3) is 0 Å². The van der Waals surface area contributed by atoms with E-state index in [-0.39, 0.29) is 5.82 Å². The summed E-state index contributed by atoms with van der Waals surface area (Å²) in [7, 11) is 0. The standard InChI is InChI=1S/C9H7ClFN3/c10-8-2-1-3-9(11)7(8)4-14-6-12-5-13-14/h1-3,5-6H,4H2. The van der Waals surface area contributed by atoms with Gasteiger partial charge in [-0.1, -0.05) is 17.7 Å². The third-order valence-corrected chi connectivity index (χ3v) is 2.20. The van der Waals surface area contributed by atoms with Crippen LogP contribution in [0.5, 0.6) is 0 Å². The Bertz CT molecular complexity index is 407. The lowest BCUT2D eigenvalue weighted by Crippen LogP contribution is -2.02. The molecule has 0 aliphatic heterocycles. The van der Waals surface area contributed by atoms with Crippen LogP contribution in [0.2, 0.25) is 5.02 Å². The molecule has 1 aromatic heterocycles. The Morgan fingerprint density at radius 1 is 1.43 bits per heavy atom. The van der Waals surface area contributed by atoms with Gasteiger partial charge in [-0.2, -0.15) is 5.10 Å². The van der Waals surface area contributed by atoms with E-state index >= 15 is 0 Å². The Hall–Kier alpha value is -1.42. The van der Waals surface area contributed by atoms with Crippen molar-refractivity contribution in [3.8, 4) is 0 Å². The smallest absolute Gasteiger partial charge is 0.137 e. The summed E-state index contributed by atoms with van der Waals surface area (Å²) in [6.45, 7) is 0.297. The van der Waals surface area contributed by atoms with Gasteiger partial charge in [-0.15, -0.1) is 0 Å². The van der Waals surface area contributed by atoms with E-state index in [1.165, 1.54) is 23.4 Å². The van der Waals surface area contributed by atoms with Crippen molar-refractivity contribution in [1.82, 2.24) is 14.8 Å². The highest BCUT2D eigenvalue weighted by Gasteiger charge is 2.07. The molecule has 0 aliphatic carbocycles. The minimum Gasteiger partial charge on any atom is -0.248 e. The van der Waals surface area contributed by atoms with Gasteiger partial charge in [-0.25, -0.2) is 14.1 Å². The maximum atomic E-state index is 13.3. The number of halogens is 2. The molecule has 3 nitrogen and oxygen atoms in total. The van der Waals surface area contributed by atoms with Crippen molar-refractivity contribution in [3.63, 3.8) is 0 Å². The number of nitrogens with zero attached hydrogens (tertiary/aromatic N) is 3. The van der Waals surface area contributed by atoms with Crippen LogP contribution < -0.4 is 0 Å². The van der Waals surface area contributed by atoms with E-state index < -0.39 is 0 Å². The lowest BCUT2D eigenvalue weighted by atomic mass is 10.2. The highest BCUT2D eigenvalue weighted by Crippen LogP contribution is 2.19. The van der Waals surface area contributed by atoms with Gasteiger partial charge in [0.15, 0.2) is 0 Å². The summed E-state index contributed by atoms with van der Waals surface area (Å²) >= 11 is 5.84. The molecule has 72 valence electrons. The molecule has 2 aromatic rings. The first-order valence-electron chi connectivity index (χ1n) is 4.02. The second kappa shape index (κ2) is 3.75. The Morgan fingerprint density at radius 3 is 2.93 bits per heavy atom. The molecule has 5 heteroatoms. The molecular formula is C9H7ClFN3. The first-order valence-corrected chi connectivity index (χ1v) is 4.40. The van der Waals surface area contributed by atoms with E-state index in [1.54, 1.807) is 12.1 Å². The Morgan fingerprint density at radius 2 is 2.29 bits per heavy atom. The second-order valence-electron chi connectivity index (χ2n) is 2.79. The van der Waals surface area contributed by atoms with Gasteiger partial charge in [0, 0.05) is 10.6 Å². The number of aromatic nitrogens is 3. The van der Waals surface area contributed by atoms with Gasteiger partial charge in [0.2, 0.25) is 0 Å². The van der Waals surface area contributed by atoms with Gasteiger partial charge < -0.3 is 0 Å². The van der Waals surface area contributed by atoms with E-state index in [0.717, 1.165) is 0 Å². The summed E-state index contributed by atoms with van der Waals surface area (Å²) in [6.07, 6.45) is 2.91. The highest BCUT2D eigenvalue weighted by molar-refractivity contribution is 6.31. The molecule has 0 fully saturated rings. The zero-order chi connectivity index (χ0) is 9.97. The molecule has 0 saturated heterocycles. The van der Waals surface area contributed by atoms with Gasteiger partial charge in [-0.05, 0) is 12.1 Å². The van der Waals surface area contributed by atoms with Crippen LogP contribution in [0.25, 0.3) is 0 Å². The van der Waals surface area contributed by atoms with Crippen molar-refractivity contribution in [2.24, 2.45) is 0 Å². The summed E-state index contributed by atoms with van der Waals surface area (Å²) in [5, 5.41) is 4.28. The molecule has 0 saturated carbocycles. The minimum atomic E-state index is -0.326. The molecule has 14 heavy (non-hydrogen) atoms. The van der Waals surface area contributed by atoms with E-state index in [1.807, 2.05) is 0 Å². The van der Waals surface area contributed by atoms with E-state index in [4.69, 9.17) is 11.6 Å². The molecule has 1 heterocycles. The first kappa shape index (κ1) is 9.15. The van der Waals surface area contributed by atoms with Crippen LogP contribution in [-0.4, -0.2) is 14.8 Å². The normalized spacial score (nSPS) is 10.4. The van der Waals surface area contributed by atoms with Gasteiger partial charge in [-0.3, -0.25) is 0 Å². The van der Waals surface area contributed by atoms with Crippen LogP contribution in [0.4, 0.5) is 4.39 Å². The maximum Gasteiger partial charge on any atom is 0.137 e. The molecule has 0 N–H and O–H groups in total. The van der Waals surface area contributed by atoms with Crippen LogP contribution in [0.15, 0.2) is 30.9 Å². The van der Waals surface area contributed by atoms with E-state index in [9.17, 15) is 4.39 Å². The average Bonchev–Trinajstić information content (AvgIpc) is 2.64. The number of hydrogen-bond donors (Lipinski definition) is 0. The average molecular weight is 212 g/mol. The van der Waals surface area contributed by atoms with Gasteiger partial charge >= 0.3 is 0 Å². The highest BCUT2D eigenvalue weighted by atomic mass is 35.5. The SMILES string of the molecule is Fc1cccc(Cl)c1Cn1cncn1.